The van der Waals surface area contributed by atoms with Crippen molar-refractivity contribution in [2.45, 2.75) is 19.4 Å². The van der Waals surface area contributed by atoms with Gasteiger partial charge in [0.1, 0.15) is 0 Å². The van der Waals surface area contributed by atoms with E-state index in [1.807, 2.05) is 12.1 Å². The lowest BCUT2D eigenvalue weighted by atomic mass is 10.0. The minimum absolute atomic E-state index is 0.576. The Hall–Kier alpha value is -1.06. The summed E-state index contributed by atoms with van der Waals surface area (Å²) in [7, 11) is 0. The molecule has 1 atom stereocenters. The smallest absolute Gasteiger partial charge is 0.0347 e. The topological polar surface area (TPSA) is 41.3 Å². The van der Waals surface area contributed by atoms with E-state index in [2.05, 4.69) is 29.3 Å². The zero-order valence-corrected chi connectivity index (χ0v) is 9.95. The molecule has 0 radical (unpaired) electrons. The predicted octanol–water partition coefficient (Wildman–Crippen LogP) is 1.11. The van der Waals surface area contributed by atoms with E-state index in [4.69, 9.17) is 5.73 Å². The number of piperazine rings is 1. The van der Waals surface area contributed by atoms with Crippen molar-refractivity contribution in [2.24, 2.45) is 0 Å². The normalized spacial score (nSPS) is 19.6. The molecule has 1 aromatic rings. The summed E-state index contributed by atoms with van der Waals surface area (Å²) in [5.41, 5.74) is 8.16. The molecule has 0 aliphatic carbocycles. The van der Waals surface area contributed by atoms with Crippen LogP contribution in [0.25, 0.3) is 0 Å². The van der Waals surface area contributed by atoms with Gasteiger partial charge in [-0.2, -0.15) is 0 Å². The number of nitrogens with one attached hydrogen (secondary N) is 1. The van der Waals surface area contributed by atoms with E-state index in [9.17, 15) is 0 Å². The van der Waals surface area contributed by atoms with Gasteiger partial charge in [0, 0.05) is 37.9 Å². The van der Waals surface area contributed by atoms with Crippen molar-refractivity contribution in [3.8, 4) is 0 Å². The van der Waals surface area contributed by atoms with Crippen molar-refractivity contribution in [1.82, 2.24) is 10.2 Å². The lowest BCUT2D eigenvalue weighted by Gasteiger charge is -2.33. The molecule has 3 N–H and O–H groups in total. The Bertz CT molecular complexity index is 332. The standard InChI is InChI=1S/C13H21N3/c1-11(16-8-6-15-7-9-16)10-12-4-2-3-5-13(12)14/h2-5,11,15H,6-10,14H2,1H3. The number of nitrogens with two attached hydrogens (primary N) is 1. The van der Waals surface area contributed by atoms with Crippen molar-refractivity contribution in [3.63, 3.8) is 0 Å². The van der Waals surface area contributed by atoms with Gasteiger partial charge in [-0.05, 0) is 25.0 Å². The number of anilines is 1. The summed E-state index contributed by atoms with van der Waals surface area (Å²) < 4.78 is 0. The first-order chi connectivity index (χ1) is 7.77. The van der Waals surface area contributed by atoms with Crippen molar-refractivity contribution in [1.29, 1.82) is 0 Å². The van der Waals surface area contributed by atoms with Crippen LogP contribution in [0.4, 0.5) is 5.69 Å². The van der Waals surface area contributed by atoms with Crippen LogP contribution in [0.3, 0.4) is 0 Å². The molecule has 1 fully saturated rings. The van der Waals surface area contributed by atoms with Gasteiger partial charge in [0.2, 0.25) is 0 Å². The molecule has 0 amide bonds. The first-order valence-electron chi connectivity index (χ1n) is 6.05. The third kappa shape index (κ3) is 2.74. The summed E-state index contributed by atoms with van der Waals surface area (Å²) in [5.74, 6) is 0. The Morgan fingerprint density at radius 3 is 2.69 bits per heavy atom. The van der Waals surface area contributed by atoms with Crippen LogP contribution in [0.2, 0.25) is 0 Å². The molecule has 3 nitrogen and oxygen atoms in total. The van der Waals surface area contributed by atoms with Crippen LogP contribution in [0.15, 0.2) is 24.3 Å². The number of rotatable bonds is 3. The van der Waals surface area contributed by atoms with Crippen LogP contribution in [-0.4, -0.2) is 37.1 Å². The maximum absolute atomic E-state index is 5.97. The van der Waals surface area contributed by atoms with Crippen molar-refractivity contribution in [2.75, 3.05) is 31.9 Å². The molecule has 1 saturated heterocycles. The molecule has 2 rings (SSSR count). The fraction of sp³-hybridized carbons (Fsp3) is 0.538. The number of hydrogen-bond acceptors (Lipinski definition) is 3. The summed E-state index contributed by atoms with van der Waals surface area (Å²) in [6.07, 6.45) is 1.05. The largest absolute Gasteiger partial charge is 0.399 e. The zero-order chi connectivity index (χ0) is 11.4. The molecule has 1 unspecified atom stereocenters. The second kappa shape index (κ2) is 5.32. The predicted molar refractivity (Wildman–Crippen MR) is 68.5 cm³/mol. The monoisotopic (exact) mass is 219 g/mol. The first-order valence-corrected chi connectivity index (χ1v) is 6.05. The Morgan fingerprint density at radius 2 is 2.00 bits per heavy atom. The summed E-state index contributed by atoms with van der Waals surface area (Å²) in [6.45, 7) is 6.79. The van der Waals surface area contributed by atoms with E-state index in [0.717, 1.165) is 38.3 Å². The van der Waals surface area contributed by atoms with Gasteiger partial charge in [-0.15, -0.1) is 0 Å². The van der Waals surface area contributed by atoms with Gasteiger partial charge >= 0.3 is 0 Å². The lowest BCUT2D eigenvalue weighted by Crippen LogP contribution is -2.48. The molecule has 1 heterocycles. The van der Waals surface area contributed by atoms with E-state index < -0.39 is 0 Å². The number of para-hydroxylation sites is 1. The zero-order valence-electron chi connectivity index (χ0n) is 9.95. The lowest BCUT2D eigenvalue weighted by molar-refractivity contribution is 0.183. The molecular formula is C13H21N3. The van der Waals surface area contributed by atoms with E-state index in [0.29, 0.717) is 6.04 Å². The molecule has 0 bridgehead atoms. The maximum atomic E-state index is 5.97. The Labute approximate surface area is 97.6 Å². The molecule has 16 heavy (non-hydrogen) atoms. The molecule has 0 saturated carbocycles. The number of nitrogen functional groups attached to an aromatic ring is 1. The van der Waals surface area contributed by atoms with Crippen molar-refractivity contribution >= 4 is 5.69 Å². The van der Waals surface area contributed by atoms with Gasteiger partial charge in [0.15, 0.2) is 0 Å². The van der Waals surface area contributed by atoms with Gasteiger partial charge in [0.25, 0.3) is 0 Å². The van der Waals surface area contributed by atoms with Gasteiger partial charge in [-0.25, -0.2) is 0 Å². The molecule has 1 aromatic carbocycles. The first kappa shape index (κ1) is 11.4. The Kier molecular flexibility index (Phi) is 3.80. The Morgan fingerprint density at radius 1 is 1.31 bits per heavy atom. The van der Waals surface area contributed by atoms with E-state index in [1.165, 1.54) is 5.56 Å². The average molecular weight is 219 g/mol. The fourth-order valence-electron chi connectivity index (χ4n) is 2.29. The minimum Gasteiger partial charge on any atom is -0.399 e. The Balaban J connectivity index is 1.96. The average Bonchev–Trinajstić information content (AvgIpc) is 2.33. The maximum Gasteiger partial charge on any atom is 0.0347 e. The highest BCUT2D eigenvalue weighted by atomic mass is 15.2. The molecule has 3 heteroatoms. The van der Waals surface area contributed by atoms with Crippen LogP contribution in [0, 0.1) is 0 Å². The number of benzene rings is 1. The van der Waals surface area contributed by atoms with Crippen LogP contribution in [0.5, 0.6) is 0 Å². The van der Waals surface area contributed by atoms with Gasteiger partial charge in [-0.1, -0.05) is 18.2 Å². The highest BCUT2D eigenvalue weighted by Gasteiger charge is 2.17. The third-order valence-electron chi connectivity index (χ3n) is 3.35. The van der Waals surface area contributed by atoms with Gasteiger partial charge in [0.05, 0.1) is 0 Å². The SMILES string of the molecule is CC(Cc1ccccc1N)N1CCNCC1. The van der Waals surface area contributed by atoms with Crippen molar-refractivity contribution < 1.29 is 0 Å². The highest BCUT2D eigenvalue weighted by Crippen LogP contribution is 2.15. The highest BCUT2D eigenvalue weighted by molar-refractivity contribution is 5.46. The van der Waals surface area contributed by atoms with Gasteiger partial charge in [-0.3, -0.25) is 4.90 Å². The molecule has 88 valence electrons. The molecular weight excluding hydrogens is 198 g/mol. The molecule has 0 spiro atoms. The van der Waals surface area contributed by atoms with Gasteiger partial charge < -0.3 is 11.1 Å². The molecule has 1 aliphatic heterocycles. The number of hydrogen-bond donors (Lipinski definition) is 2. The summed E-state index contributed by atoms with van der Waals surface area (Å²) in [5, 5.41) is 3.38. The second-order valence-corrected chi connectivity index (χ2v) is 4.54. The molecule has 0 aromatic heterocycles. The summed E-state index contributed by atoms with van der Waals surface area (Å²) >= 11 is 0. The van der Waals surface area contributed by atoms with Crippen LogP contribution in [-0.2, 0) is 6.42 Å². The quantitative estimate of drug-likeness (QED) is 0.748. The minimum atomic E-state index is 0.576. The number of nitrogens with zero attached hydrogens (tertiary/aromatic N) is 1. The van der Waals surface area contributed by atoms with Crippen molar-refractivity contribution in [3.05, 3.63) is 29.8 Å². The van der Waals surface area contributed by atoms with Crippen LogP contribution >= 0.6 is 0 Å². The van der Waals surface area contributed by atoms with E-state index >= 15 is 0 Å². The van der Waals surface area contributed by atoms with Crippen LogP contribution in [0.1, 0.15) is 12.5 Å². The summed E-state index contributed by atoms with van der Waals surface area (Å²) in [6, 6.07) is 8.75. The van der Waals surface area contributed by atoms with Crippen LogP contribution < -0.4 is 11.1 Å². The summed E-state index contributed by atoms with van der Waals surface area (Å²) in [4.78, 5) is 2.53. The fourth-order valence-corrected chi connectivity index (χ4v) is 2.29. The molecule has 1 aliphatic rings. The van der Waals surface area contributed by atoms with E-state index in [1.54, 1.807) is 0 Å². The third-order valence-corrected chi connectivity index (χ3v) is 3.35. The second-order valence-electron chi connectivity index (χ2n) is 4.54. The van der Waals surface area contributed by atoms with E-state index in [-0.39, 0.29) is 0 Å².